The summed E-state index contributed by atoms with van der Waals surface area (Å²) in [6, 6.07) is 4.50. The number of rotatable bonds is 1. The number of methoxy groups -OCH3 is 2. The molecule has 0 atom stereocenters. The Hall–Kier alpha value is -2.04. The van der Waals surface area contributed by atoms with Gasteiger partial charge in [0.05, 0.1) is 19.7 Å². The highest BCUT2D eigenvalue weighted by molar-refractivity contribution is 5.90. The lowest BCUT2D eigenvalue weighted by Gasteiger charge is -2.04. The Kier molecular flexibility index (Phi) is 2.52. The van der Waals surface area contributed by atoms with Crippen LogP contribution >= 0.6 is 0 Å². The number of carbonyl (C=O) groups excluding carboxylic acids is 1. The highest BCUT2D eigenvalue weighted by Crippen LogP contribution is 2.25. The Labute approximate surface area is 91.2 Å². The minimum absolute atomic E-state index is 0.188. The normalized spacial score (nSPS) is 10.4. The van der Waals surface area contributed by atoms with Gasteiger partial charge in [0.25, 0.3) is 0 Å². The molecular weight excluding hydrogens is 213 g/mol. The van der Waals surface area contributed by atoms with Gasteiger partial charge in [-0.1, -0.05) is 0 Å². The van der Waals surface area contributed by atoms with Crippen molar-refractivity contribution < 1.29 is 18.7 Å². The minimum atomic E-state index is -0.626. The highest BCUT2D eigenvalue weighted by atomic mass is 19.1. The fourth-order valence-electron chi connectivity index (χ4n) is 1.57. The van der Waals surface area contributed by atoms with Crippen LogP contribution in [0.5, 0.6) is 5.75 Å². The standard InChI is InChI=1S/C11H10FNO3/c1-15-8-5-7-3-4-13(11(14)16-2)10(7)9(12)6-8/h3-6H,1-2H3. The van der Waals surface area contributed by atoms with Crippen molar-refractivity contribution >= 4 is 17.0 Å². The van der Waals surface area contributed by atoms with Crippen LogP contribution in [-0.4, -0.2) is 24.9 Å². The van der Waals surface area contributed by atoms with E-state index in [9.17, 15) is 9.18 Å². The van der Waals surface area contributed by atoms with Crippen LogP contribution in [0, 0.1) is 5.82 Å². The van der Waals surface area contributed by atoms with Crippen LogP contribution in [0.25, 0.3) is 10.9 Å². The fourth-order valence-corrected chi connectivity index (χ4v) is 1.57. The molecule has 0 amide bonds. The zero-order valence-corrected chi connectivity index (χ0v) is 8.86. The SMILES string of the molecule is COC(=O)n1ccc2cc(OC)cc(F)c21. The van der Waals surface area contributed by atoms with Gasteiger partial charge in [0.15, 0.2) is 5.82 Å². The van der Waals surface area contributed by atoms with E-state index >= 15 is 0 Å². The topological polar surface area (TPSA) is 40.5 Å². The molecule has 2 rings (SSSR count). The monoisotopic (exact) mass is 223 g/mol. The predicted octanol–water partition coefficient (Wildman–Crippen LogP) is 2.40. The molecule has 0 saturated carbocycles. The molecule has 0 aliphatic heterocycles. The number of fused-ring (bicyclic) bond motifs is 1. The third kappa shape index (κ3) is 1.50. The van der Waals surface area contributed by atoms with Crippen molar-refractivity contribution in [2.45, 2.75) is 0 Å². The molecule has 0 N–H and O–H groups in total. The lowest BCUT2D eigenvalue weighted by molar-refractivity contribution is 0.174. The van der Waals surface area contributed by atoms with Gasteiger partial charge in [-0.2, -0.15) is 0 Å². The molecule has 1 aromatic heterocycles. The van der Waals surface area contributed by atoms with E-state index in [-0.39, 0.29) is 5.52 Å². The van der Waals surface area contributed by atoms with Crippen LogP contribution < -0.4 is 4.74 Å². The Bertz CT molecular complexity index is 547. The summed E-state index contributed by atoms with van der Waals surface area (Å²) < 4.78 is 24.3. The molecule has 0 bridgehead atoms. The van der Waals surface area contributed by atoms with Crippen molar-refractivity contribution in [1.82, 2.24) is 4.57 Å². The van der Waals surface area contributed by atoms with Gasteiger partial charge >= 0.3 is 6.09 Å². The molecule has 2 aromatic rings. The summed E-state index contributed by atoms with van der Waals surface area (Å²) in [6.45, 7) is 0. The number of halogens is 1. The van der Waals surface area contributed by atoms with E-state index in [0.29, 0.717) is 11.1 Å². The van der Waals surface area contributed by atoms with Gasteiger partial charge in [-0.05, 0) is 12.1 Å². The van der Waals surface area contributed by atoms with Gasteiger partial charge in [-0.15, -0.1) is 0 Å². The van der Waals surface area contributed by atoms with Crippen molar-refractivity contribution in [3.05, 3.63) is 30.2 Å². The quantitative estimate of drug-likeness (QED) is 0.745. The lowest BCUT2D eigenvalue weighted by Crippen LogP contribution is -2.10. The number of hydrogen-bond acceptors (Lipinski definition) is 3. The van der Waals surface area contributed by atoms with E-state index in [0.717, 1.165) is 4.57 Å². The first-order valence-electron chi connectivity index (χ1n) is 4.60. The van der Waals surface area contributed by atoms with Crippen molar-refractivity contribution in [1.29, 1.82) is 0 Å². The maximum absolute atomic E-state index is 13.7. The second-order valence-corrected chi connectivity index (χ2v) is 3.20. The molecule has 0 saturated heterocycles. The predicted molar refractivity (Wildman–Crippen MR) is 56.3 cm³/mol. The van der Waals surface area contributed by atoms with E-state index in [4.69, 9.17) is 4.74 Å². The molecular formula is C11H10FNO3. The summed E-state index contributed by atoms with van der Waals surface area (Å²) in [7, 11) is 2.70. The van der Waals surface area contributed by atoms with Crippen molar-refractivity contribution in [2.24, 2.45) is 0 Å². The van der Waals surface area contributed by atoms with Crippen LogP contribution in [0.1, 0.15) is 0 Å². The van der Waals surface area contributed by atoms with Crippen LogP contribution in [-0.2, 0) is 4.74 Å². The van der Waals surface area contributed by atoms with Gasteiger partial charge in [-0.3, -0.25) is 0 Å². The first-order chi connectivity index (χ1) is 7.67. The molecule has 0 aliphatic rings. The maximum Gasteiger partial charge on any atom is 0.418 e. The molecule has 84 valence electrons. The maximum atomic E-state index is 13.7. The number of hydrogen-bond donors (Lipinski definition) is 0. The molecule has 0 aliphatic carbocycles. The fraction of sp³-hybridized carbons (Fsp3) is 0.182. The smallest absolute Gasteiger partial charge is 0.418 e. The zero-order valence-electron chi connectivity index (χ0n) is 8.86. The average molecular weight is 223 g/mol. The lowest BCUT2D eigenvalue weighted by atomic mass is 10.2. The number of aromatic nitrogens is 1. The molecule has 0 fully saturated rings. The Morgan fingerprint density at radius 2 is 2.12 bits per heavy atom. The summed E-state index contributed by atoms with van der Waals surface area (Å²) in [6.07, 6.45) is 0.831. The van der Waals surface area contributed by atoms with E-state index in [1.165, 1.54) is 26.5 Å². The first-order valence-corrected chi connectivity index (χ1v) is 4.60. The number of benzene rings is 1. The Morgan fingerprint density at radius 1 is 1.38 bits per heavy atom. The van der Waals surface area contributed by atoms with Crippen LogP contribution in [0.2, 0.25) is 0 Å². The molecule has 0 radical (unpaired) electrons. The third-order valence-electron chi connectivity index (χ3n) is 2.32. The largest absolute Gasteiger partial charge is 0.497 e. The molecule has 5 heteroatoms. The first kappa shape index (κ1) is 10.5. The summed E-state index contributed by atoms with van der Waals surface area (Å²) in [5.74, 6) is -0.114. The van der Waals surface area contributed by atoms with Gasteiger partial charge in [0.1, 0.15) is 5.75 Å². The van der Waals surface area contributed by atoms with Gasteiger partial charge in [-0.25, -0.2) is 13.8 Å². The summed E-state index contributed by atoms with van der Waals surface area (Å²) in [5, 5.41) is 0.585. The highest BCUT2D eigenvalue weighted by Gasteiger charge is 2.13. The van der Waals surface area contributed by atoms with Gasteiger partial charge in [0, 0.05) is 17.6 Å². The van der Waals surface area contributed by atoms with Crippen molar-refractivity contribution in [3.8, 4) is 5.75 Å². The van der Waals surface area contributed by atoms with Gasteiger partial charge in [0.2, 0.25) is 0 Å². The number of ether oxygens (including phenoxy) is 2. The molecule has 1 heterocycles. The van der Waals surface area contributed by atoms with Crippen molar-refractivity contribution in [2.75, 3.05) is 14.2 Å². The Morgan fingerprint density at radius 3 is 2.75 bits per heavy atom. The average Bonchev–Trinajstić information content (AvgIpc) is 2.72. The summed E-state index contributed by atoms with van der Waals surface area (Å²) in [4.78, 5) is 11.3. The summed E-state index contributed by atoms with van der Waals surface area (Å²) in [5.41, 5.74) is 0.188. The summed E-state index contributed by atoms with van der Waals surface area (Å²) >= 11 is 0. The Balaban J connectivity index is 2.68. The molecule has 16 heavy (non-hydrogen) atoms. The van der Waals surface area contributed by atoms with Crippen LogP contribution in [0.3, 0.4) is 0 Å². The van der Waals surface area contributed by atoms with E-state index in [1.54, 1.807) is 12.1 Å². The second-order valence-electron chi connectivity index (χ2n) is 3.20. The van der Waals surface area contributed by atoms with Crippen LogP contribution in [0.4, 0.5) is 9.18 Å². The zero-order chi connectivity index (χ0) is 11.7. The molecule has 0 unspecified atom stereocenters. The molecule has 4 nitrogen and oxygen atoms in total. The van der Waals surface area contributed by atoms with Crippen molar-refractivity contribution in [3.63, 3.8) is 0 Å². The number of carbonyl (C=O) groups is 1. The van der Waals surface area contributed by atoms with E-state index < -0.39 is 11.9 Å². The molecule has 0 spiro atoms. The van der Waals surface area contributed by atoms with Gasteiger partial charge < -0.3 is 9.47 Å². The van der Waals surface area contributed by atoms with E-state index in [1.807, 2.05) is 0 Å². The second kappa shape index (κ2) is 3.84. The van der Waals surface area contributed by atoms with E-state index in [2.05, 4.69) is 4.74 Å². The van der Waals surface area contributed by atoms with Crippen LogP contribution in [0.15, 0.2) is 24.4 Å². The minimum Gasteiger partial charge on any atom is -0.497 e. The third-order valence-corrected chi connectivity index (χ3v) is 2.32. The molecule has 1 aromatic carbocycles. The number of nitrogens with zero attached hydrogens (tertiary/aromatic N) is 1.